The number of rotatable bonds is 6. The number of halogens is 2. The molecule has 0 radical (unpaired) electrons. The second-order valence-electron chi connectivity index (χ2n) is 5.11. The second-order valence-corrected chi connectivity index (χ2v) is 6.06. The lowest BCUT2D eigenvalue weighted by Crippen LogP contribution is -2.29. The van der Waals surface area contributed by atoms with Crippen molar-refractivity contribution < 1.29 is 9.13 Å². The first-order valence-electron chi connectivity index (χ1n) is 7.26. The highest BCUT2D eigenvalue weighted by Gasteiger charge is 2.25. The van der Waals surface area contributed by atoms with E-state index in [0.29, 0.717) is 0 Å². The number of thiophene rings is 1. The zero-order chi connectivity index (χ0) is 15.4. The van der Waals surface area contributed by atoms with Gasteiger partial charge in [0, 0.05) is 16.6 Å². The van der Waals surface area contributed by atoms with Gasteiger partial charge in [0.15, 0.2) is 12.3 Å². The van der Waals surface area contributed by atoms with Gasteiger partial charge in [-0.05, 0) is 36.2 Å². The maximum absolute atomic E-state index is 14.6. The van der Waals surface area contributed by atoms with Crippen LogP contribution >= 0.6 is 23.7 Å². The summed E-state index contributed by atoms with van der Waals surface area (Å²) < 4.78 is 21.8. The number of benzene rings is 2. The van der Waals surface area contributed by atoms with E-state index in [4.69, 9.17) is 4.74 Å². The van der Waals surface area contributed by atoms with Gasteiger partial charge in [0.25, 0.3) is 0 Å². The second kappa shape index (κ2) is 8.29. The van der Waals surface area contributed by atoms with E-state index in [2.05, 4.69) is 5.32 Å². The highest BCUT2D eigenvalue weighted by Crippen LogP contribution is 2.34. The molecule has 3 rings (SSSR count). The number of hydrogen-bond donors (Lipinski definition) is 1. The minimum Gasteiger partial charge on any atom is -0.482 e. The van der Waals surface area contributed by atoms with Crippen LogP contribution in [0, 0.1) is 0 Å². The number of alkyl halides is 1. The van der Waals surface area contributed by atoms with E-state index in [0.717, 1.165) is 21.4 Å². The van der Waals surface area contributed by atoms with Crippen LogP contribution in [0.25, 0.3) is 10.1 Å². The van der Waals surface area contributed by atoms with Crippen LogP contribution < -0.4 is 10.1 Å². The Balaban J connectivity index is 0.00000192. The van der Waals surface area contributed by atoms with Gasteiger partial charge in [0.2, 0.25) is 0 Å². The average Bonchev–Trinajstić information content (AvgIpc) is 3.03. The van der Waals surface area contributed by atoms with Crippen LogP contribution in [0.5, 0.6) is 5.75 Å². The highest BCUT2D eigenvalue weighted by atomic mass is 35.5. The zero-order valence-electron chi connectivity index (χ0n) is 12.7. The molecule has 5 heteroatoms. The maximum Gasteiger partial charge on any atom is 0.156 e. The minimum atomic E-state index is -1.12. The van der Waals surface area contributed by atoms with Crippen molar-refractivity contribution in [3.05, 3.63) is 65.5 Å². The molecule has 0 saturated heterocycles. The number of hydrogen-bond acceptors (Lipinski definition) is 3. The lowest BCUT2D eigenvalue weighted by Gasteiger charge is -2.23. The molecule has 0 aliphatic rings. The maximum atomic E-state index is 14.6. The molecule has 0 spiro atoms. The molecule has 1 aromatic heterocycles. The predicted octanol–water partition coefficient (Wildman–Crippen LogP) is 5.00. The normalized spacial score (nSPS) is 13.3. The third-order valence-electron chi connectivity index (χ3n) is 3.57. The summed E-state index contributed by atoms with van der Waals surface area (Å²) in [5, 5.41) is 5.94. The zero-order valence-corrected chi connectivity index (χ0v) is 14.4. The molecule has 0 fully saturated rings. The van der Waals surface area contributed by atoms with Gasteiger partial charge in [0.1, 0.15) is 5.75 Å². The van der Waals surface area contributed by atoms with Gasteiger partial charge >= 0.3 is 0 Å². The topological polar surface area (TPSA) is 21.3 Å². The standard InChI is InChI=1S/C18H18FNOS.ClH/c1-20-12-15(19)18(13-6-3-2-4-7-13)21-16-8-5-9-17-14(16)10-11-22-17;/h2-11,15,18,20H,12H2,1H3;1H/t15-,18+;/m1./s1. The lowest BCUT2D eigenvalue weighted by atomic mass is 10.0. The quantitative estimate of drug-likeness (QED) is 0.674. The van der Waals surface area contributed by atoms with Gasteiger partial charge < -0.3 is 10.1 Å². The molecule has 0 saturated carbocycles. The summed E-state index contributed by atoms with van der Waals surface area (Å²) in [6, 6.07) is 17.4. The molecular weight excluding hydrogens is 333 g/mol. The van der Waals surface area contributed by atoms with Gasteiger partial charge in [-0.1, -0.05) is 36.4 Å². The molecule has 1 heterocycles. The largest absolute Gasteiger partial charge is 0.482 e. The van der Waals surface area contributed by atoms with Crippen LogP contribution in [0.2, 0.25) is 0 Å². The first-order valence-corrected chi connectivity index (χ1v) is 8.14. The molecule has 0 unspecified atom stereocenters. The van der Waals surface area contributed by atoms with Crippen LogP contribution in [0.15, 0.2) is 60.0 Å². The minimum absolute atomic E-state index is 0. The summed E-state index contributed by atoms with van der Waals surface area (Å²) in [7, 11) is 1.74. The van der Waals surface area contributed by atoms with Crippen molar-refractivity contribution >= 4 is 33.8 Å². The van der Waals surface area contributed by atoms with E-state index in [1.165, 1.54) is 0 Å². The number of fused-ring (bicyclic) bond motifs is 1. The van der Waals surface area contributed by atoms with Crippen LogP contribution in [-0.4, -0.2) is 19.8 Å². The molecule has 3 aromatic rings. The Morgan fingerprint density at radius 3 is 2.61 bits per heavy atom. The summed E-state index contributed by atoms with van der Waals surface area (Å²) in [6.45, 7) is 0.249. The Bertz CT molecular complexity index is 734. The third-order valence-corrected chi connectivity index (χ3v) is 4.45. The van der Waals surface area contributed by atoms with Crippen LogP contribution in [-0.2, 0) is 0 Å². The Morgan fingerprint density at radius 2 is 1.87 bits per heavy atom. The van der Waals surface area contributed by atoms with E-state index < -0.39 is 12.3 Å². The molecule has 2 aromatic carbocycles. The van der Waals surface area contributed by atoms with E-state index >= 15 is 0 Å². The van der Waals surface area contributed by atoms with Crippen molar-refractivity contribution in [3.8, 4) is 5.75 Å². The van der Waals surface area contributed by atoms with E-state index in [1.54, 1.807) is 18.4 Å². The van der Waals surface area contributed by atoms with Crippen molar-refractivity contribution in [2.24, 2.45) is 0 Å². The molecule has 0 aliphatic heterocycles. The summed E-state index contributed by atoms with van der Waals surface area (Å²) in [4.78, 5) is 0. The van der Waals surface area contributed by atoms with Crippen molar-refractivity contribution in [3.63, 3.8) is 0 Å². The fourth-order valence-corrected chi connectivity index (χ4v) is 3.30. The molecular formula is C18H19ClFNOS. The molecule has 1 N–H and O–H groups in total. The number of ether oxygens (including phenoxy) is 1. The lowest BCUT2D eigenvalue weighted by molar-refractivity contribution is 0.102. The molecule has 2 nitrogen and oxygen atoms in total. The first-order chi connectivity index (χ1) is 10.8. The predicted molar refractivity (Wildman–Crippen MR) is 97.7 cm³/mol. The molecule has 23 heavy (non-hydrogen) atoms. The Morgan fingerprint density at radius 1 is 1.09 bits per heavy atom. The first kappa shape index (κ1) is 17.7. The Labute approximate surface area is 145 Å². The van der Waals surface area contributed by atoms with Crippen molar-refractivity contribution in [1.29, 1.82) is 0 Å². The smallest absolute Gasteiger partial charge is 0.156 e. The Hall–Kier alpha value is -1.62. The van der Waals surface area contributed by atoms with Crippen LogP contribution in [0.3, 0.4) is 0 Å². The van der Waals surface area contributed by atoms with Gasteiger partial charge in [-0.3, -0.25) is 0 Å². The van der Waals surface area contributed by atoms with Crippen LogP contribution in [0.1, 0.15) is 11.7 Å². The van der Waals surface area contributed by atoms with Gasteiger partial charge in [0.05, 0.1) is 0 Å². The van der Waals surface area contributed by atoms with Crippen molar-refractivity contribution in [2.45, 2.75) is 12.3 Å². The van der Waals surface area contributed by atoms with Gasteiger partial charge in [-0.2, -0.15) is 0 Å². The van der Waals surface area contributed by atoms with Gasteiger partial charge in [-0.25, -0.2) is 4.39 Å². The van der Waals surface area contributed by atoms with Crippen molar-refractivity contribution in [2.75, 3.05) is 13.6 Å². The molecule has 0 bridgehead atoms. The fraction of sp³-hybridized carbons (Fsp3) is 0.222. The molecule has 122 valence electrons. The summed E-state index contributed by atoms with van der Waals surface area (Å²) in [5.41, 5.74) is 0.845. The monoisotopic (exact) mass is 351 g/mol. The van der Waals surface area contributed by atoms with Crippen LogP contribution in [0.4, 0.5) is 4.39 Å². The Kier molecular flexibility index (Phi) is 6.39. The molecule has 0 amide bonds. The molecule has 2 atom stereocenters. The summed E-state index contributed by atoms with van der Waals surface area (Å²) in [6.07, 6.45) is -1.75. The fourth-order valence-electron chi connectivity index (χ4n) is 2.50. The SMILES string of the molecule is CNC[C@@H](F)[C@@H](Oc1cccc2sccc12)c1ccccc1.Cl. The molecule has 0 aliphatic carbocycles. The highest BCUT2D eigenvalue weighted by molar-refractivity contribution is 7.17. The summed E-state index contributed by atoms with van der Waals surface area (Å²) >= 11 is 1.66. The van der Waals surface area contributed by atoms with E-state index in [-0.39, 0.29) is 19.0 Å². The van der Waals surface area contributed by atoms with Gasteiger partial charge in [-0.15, -0.1) is 23.7 Å². The van der Waals surface area contributed by atoms with Crippen molar-refractivity contribution in [1.82, 2.24) is 5.32 Å². The third kappa shape index (κ3) is 4.02. The van der Waals surface area contributed by atoms with E-state index in [1.807, 2.05) is 60.0 Å². The average molecular weight is 352 g/mol. The number of nitrogens with one attached hydrogen (secondary N) is 1. The summed E-state index contributed by atoms with van der Waals surface area (Å²) in [5.74, 6) is 0.728. The van der Waals surface area contributed by atoms with E-state index in [9.17, 15) is 4.39 Å².